The molecule has 0 fully saturated rings. The lowest BCUT2D eigenvalue weighted by Crippen LogP contribution is -2.11. The molecule has 0 aromatic heterocycles. The maximum Gasteiger partial charge on any atom is 0.220 e. The Hall–Kier alpha value is -1.64. The van der Waals surface area contributed by atoms with Crippen molar-refractivity contribution in [3.05, 3.63) is 41.8 Å². The lowest BCUT2D eigenvalue weighted by Gasteiger charge is -1.95. The molecule has 13 heavy (non-hydrogen) atoms. The van der Waals surface area contributed by atoms with E-state index in [-0.39, 0.29) is 11.7 Å². The summed E-state index contributed by atoms with van der Waals surface area (Å²) in [5.74, 6) is -0.475. The van der Waals surface area contributed by atoms with E-state index in [0.29, 0.717) is 5.56 Å². The first kappa shape index (κ1) is 9.45. The minimum Gasteiger partial charge on any atom is -0.333 e. The minimum atomic E-state index is -0.302. The van der Waals surface area contributed by atoms with E-state index in [0.717, 1.165) is 0 Å². The van der Waals surface area contributed by atoms with Gasteiger partial charge in [0.2, 0.25) is 5.91 Å². The van der Waals surface area contributed by atoms with Crippen LogP contribution in [0.2, 0.25) is 0 Å². The summed E-state index contributed by atoms with van der Waals surface area (Å²) < 4.78 is 13.0. The Morgan fingerprint density at radius 2 is 2.15 bits per heavy atom. The van der Waals surface area contributed by atoms with E-state index < -0.39 is 0 Å². The van der Waals surface area contributed by atoms with Gasteiger partial charge in [0, 0.05) is 18.7 Å². The van der Waals surface area contributed by atoms with Crippen LogP contribution in [0.5, 0.6) is 0 Å². The molecule has 1 N–H and O–H groups in total. The summed E-state index contributed by atoms with van der Waals surface area (Å²) in [5, 5.41) is 2.44. The molecule has 0 aliphatic heterocycles. The van der Waals surface area contributed by atoms with Crippen LogP contribution in [0.3, 0.4) is 0 Å². The van der Waals surface area contributed by atoms with E-state index in [1.54, 1.807) is 18.2 Å². The fourth-order valence-corrected chi connectivity index (χ4v) is 0.859. The zero-order valence-electron chi connectivity index (χ0n) is 7.25. The molecule has 0 aliphatic carbocycles. The summed E-state index contributed by atoms with van der Waals surface area (Å²) >= 11 is 0. The zero-order valence-corrected chi connectivity index (χ0v) is 7.25. The molecular formula is C10H10FNO. The monoisotopic (exact) mass is 179 g/mol. The van der Waals surface area contributed by atoms with Gasteiger partial charge in [-0.15, -0.1) is 0 Å². The first-order chi connectivity index (χ1) is 6.20. The highest BCUT2D eigenvalue weighted by Gasteiger charge is 1.94. The van der Waals surface area contributed by atoms with Crippen molar-refractivity contribution in [2.75, 3.05) is 0 Å². The van der Waals surface area contributed by atoms with Crippen LogP contribution in [0.1, 0.15) is 12.5 Å². The average Bonchev–Trinajstić information content (AvgIpc) is 2.08. The normalized spacial score (nSPS) is 10.3. The highest BCUT2D eigenvalue weighted by Crippen LogP contribution is 2.07. The molecule has 2 nitrogen and oxygen atoms in total. The molecule has 0 spiro atoms. The van der Waals surface area contributed by atoms with Gasteiger partial charge in [0.15, 0.2) is 0 Å². The number of rotatable bonds is 2. The molecule has 0 aliphatic rings. The summed E-state index contributed by atoms with van der Waals surface area (Å²) in [4.78, 5) is 10.5. The topological polar surface area (TPSA) is 29.1 Å². The maximum atomic E-state index is 13.0. The number of halogens is 1. The number of amides is 1. The summed E-state index contributed by atoms with van der Waals surface area (Å²) in [6.07, 6.45) is 2.93. The van der Waals surface area contributed by atoms with E-state index in [1.807, 2.05) is 0 Å². The predicted octanol–water partition coefficient (Wildman–Crippen LogP) is 1.93. The Morgan fingerprint density at radius 1 is 1.46 bits per heavy atom. The van der Waals surface area contributed by atoms with Crippen LogP contribution in [0.25, 0.3) is 6.08 Å². The number of carbonyl (C=O) groups excluding carboxylic acids is 1. The lowest BCUT2D eigenvalue weighted by atomic mass is 10.2. The molecule has 0 atom stereocenters. The van der Waals surface area contributed by atoms with Crippen molar-refractivity contribution in [3.63, 3.8) is 0 Å². The molecule has 0 unspecified atom stereocenters. The second kappa shape index (κ2) is 4.40. The first-order valence-electron chi connectivity index (χ1n) is 3.88. The minimum absolute atomic E-state index is 0.174. The zero-order chi connectivity index (χ0) is 9.68. The Kier molecular flexibility index (Phi) is 3.20. The number of hydrogen-bond acceptors (Lipinski definition) is 1. The Bertz CT molecular complexity index is 333. The van der Waals surface area contributed by atoms with Crippen molar-refractivity contribution in [3.8, 4) is 0 Å². The molecule has 3 heteroatoms. The lowest BCUT2D eigenvalue weighted by molar-refractivity contribution is -0.118. The highest BCUT2D eigenvalue weighted by molar-refractivity contribution is 5.74. The van der Waals surface area contributed by atoms with Crippen molar-refractivity contribution in [1.82, 2.24) is 5.32 Å². The Balaban J connectivity index is 2.68. The fourth-order valence-electron chi connectivity index (χ4n) is 0.859. The maximum absolute atomic E-state index is 13.0. The van der Waals surface area contributed by atoms with Crippen molar-refractivity contribution in [2.45, 2.75) is 6.92 Å². The molecule has 1 aromatic rings. The molecule has 1 rings (SSSR count). The van der Waals surface area contributed by atoms with Gasteiger partial charge in [-0.1, -0.05) is 18.2 Å². The third-order valence-corrected chi connectivity index (χ3v) is 1.45. The van der Waals surface area contributed by atoms with Crippen molar-refractivity contribution >= 4 is 12.0 Å². The molecular weight excluding hydrogens is 169 g/mol. The van der Waals surface area contributed by atoms with Gasteiger partial charge in [-0.2, -0.15) is 0 Å². The van der Waals surface area contributed by atoms with Gasteiger partial charge in [0.25, 0.3) is 0 Å². The van der Waals surface area contributed by atoms with Crippen LogP contribution < -0.4 is 5.32 Å². The Morgan fingerprint density at radius 3 is 2.77 bits per heavy atom. The quantitative estimate of drug-likeness (QED) is 0.738. The summed E-state index contributed by atoms with van der Waals surface area (Å²) in [6, 6.07) is 6.35. The number of hydrogen-bond donors (Lipinski definition) is 1. The van der Waals surface area contributed by atoms with Crippen LogP contribution >= 0.6 is 0 Å². The highest BCUT2D eigenvalue weighted by atomic mass is 19.1. The molecule has 0 saturated carbocycles. The molecule has 1 aromatic carbocycles. The standard InChI is InChI=1S/C10H10FNO/c1-8(13)12-7-6-9-4-2-3-5-10(9)11/h2-7H,1H3,(H,12,13)/b7-6+. The fraction of sp³-hybridized carbons (Fsp3) is 0.100. The third-order valence-electron chi connectivity index (χ3n) is 1.45. The van der Waals surface area contributed by atoms with E-state index in [4.69, 9.17) is 0 Å². The molecule has 68 valence electrons. The van der Waals surface area contributed by atoms with E-state index >= 15 is 0 Å². The van der Waals surface area contributed by atoms with Gasteiger partial charge in [0.05, 0.1) is 0 Å². The van der Waals surface area contributed by atoms with E-state index in [1.165, 1.54) is 25.3 Å². The summed E-state index contributed by atoms with van der Waals surface area (Å²) in [7, 11) is 0. The number of benzene rings is 1. The molecule has 1 amide bonds. The summed E-state index contributed by atoms with van der Waals surface area (Å²) in [6.45, 7) is 1.39. The second-order valence-electron chi connectivity index (χ2n) is 2.56. The average molecular weight is 179 g/mol. The molecule has 0 saturated heterocycles. The molecule has 0 radical (unpaired) electrons. The van der Waals surface area contributed by atoms with Gasteiger partial charge in [-0.25, -0.2) is 4.39 Å². The first-order valence-corrected chi connectivity index (χ1v) is 3.88. The van der Waals surface area contributed by atoms with Crippen LogP contribution in [0, 0.1) is 5.82 Å². The second-order valence-corrected chi connectivity index (χ2v) is 2.56. The SMILES string of the molecule is CC(=O)N/C=C/c1ccccc1F. The predicted molar refractivity (Wildman–Crippen MR) is 49.3 cm³/mol. The van der Waals surface area contributed by atoms with Crippen molar-refractivity contribution in [1.29, 1.82) is 0 Å². The number of nitrogens with one attached hydrogen (secondary N) is 1. The Labute approximate surface area is 76.1 Å². The van der Waals surface area contributed by atoms with Crippen molar-refractivity contribution < 1.29 is 9.18 Å². The van der Waals surface area contributed by atoms with Crippen molar-refractivity contribution in [2.24, 2.45) is 0 Å². The largest absolute Gasteiger partial charge is 0.333 e. The van der Waals surface area contributed by atoms with Crippen LogP contribution in [0.15, 0.2) is 30.5 Å². The van der Waals surface area contributed by atoms with Gasteiger partial charge in [-0.05, 0) is 12.1 Å². The number of carbonyl (C=O) groups is 1. The van der Waals surface area contributed by atoms with Gasteiger partial charge < -0.3 is 5.32 Å². The molecule has 0 bridgehead atoms. The third kappa shape index (κ3) is 3.07. The van der Waals surface area contributed by atoms with Crippen LogP contribution in [-0.4, -0.2) is 5.91 Å². The van der Waals surface area contributed by atoms with Gasteiger partial charge >= 0.3 is 0 Å². The van der Waals surface area contributed by atoms with Gasteiger partial charge in [0.1, 0.15) is 5.82 Å². The van der Waals surface area contributed by atoms with Crippen LogP contribution in [0.4, 0.5) is 4.39 Å². The molecule has 0 heterocycles. The van der Waals surface area contributed by atoms with E-state index in [2.05, 4.69) is 5.32 Å². The smallest absolute Gasteiger partial charge is 0.220 e. The van der Waals surface area contributed by atoms with Crippen LogP contribution in [-0.2, 0) is 4.79 Å². The summed E-state index contributed by atoms with van der Waals surface area (Å²) in [5.41, 5.74) is 0.455. The van der Waals surface area contributed by atoms with E-state index in [9.17, 15) is 9.18 Å². The van der Waals surface area contributed by atoms with Gasteiger partial charge in [-0.3, -0.25) is 4.79 Å².